The second-order valence-corrected chi connectivity index (χ2v) is 6.14. The standard InChI is InChI=1S/C19H29NO3/c1-5-11-23-15-18(21)14-20(10-9-16(2)3)13-17-7-6-8-19(12-17)22-4/h1,6-8,12,16,18,21H,9-11,13-15H2,2-4H3/t18-/m0/s1. The second-order valence-electron chi connectivity index (χ2n) is 6.14. The molecule has 0 saturated carbocycles. The third-order valence-corrected chi connectivity index (χ3v) is 3.53. The number of methoxy groups -OCH3 is 1. The Balaban J connectivity index is 2.61. The van der Waals surface area contributed by atoms with E-state index in [4.69, 9.17) is 15.9 Å². The number of hydrogen-bond acceptors (Lipinski definition) is 4. The van der Waals surface area contributed by atoms with Crippen molar-refractivity contribution in [1.82, 2.24) is 4.90 Å². The molecule has 23 heavy (non-hydrogen) atoms. The Morgan fingerprint density at radius 2 is 2.13 bits per heavy atom. The van der Waals surface area contributed by atoms with Gasteiger partial charge in [-0.3, -0.25) is 4.90 Å². The highest BCUT2D eigenvalue weighted by Gasteiger charge is 2.13. The molecule has 0 spiro atoms. The van der Waals surface area contributed by atoms with Gasteiger partial charge < -0.3 is 14.6 Å². The van der Waals surface area contributed by atoms with Crippen LogP contribution in [0.2, 0.25) is 0 Å². The lowest BCUT2D eigenvalue weighted by Gasteiger charge is -2.26. The molecule has 0 aliphatic carbocycles. The molecular weight excluding hydrogens is 290 g/mol. The van der Waals surface area contributed by atoms with Crippen molar-refractivity contribution in [1.29, 1.82) is 0 Å². The average Bonchev–Trinajstić information content (AvgIpc) is 2.53. The van der Waals surface area contributed by atoms with Crippen LogP contribution in [0.3, 0.4) is 0 Å². The molecule has 0 unspecified atom stereocenters. The zero-order valence-corrected chi connectivity index (χ0v) is 14.5. The van der Waals surface area contributed by atoms with E-state index in [-0.39, 0.29) is 13.2 Å². The predicted octanol–water partition coefficient (Wildman–Crippen LogP) is 2.55. The van der Waals surface area contributed by atoms with Gasteiger partial charge in [-0.25, -0.2) is 0 Å². The highest BCUT2D eigenvalue weighted by Crippen LogP contribution is 2.15. The van der Waals surface area contributed by atoms with Crippen molar-refractivity contribution in [3.63, 3.8) is 0 Å². The van der Waals surface area contributed by atoms with Gasteiger partial charge in [-0.1, -0.05) is 31.9 Å². The van der Waals surface area contributed by atoms with Crippen molar-refractivity contribution in [3.8, 4) is 18.1 Å². The fraction of sp³-hybridized carbons (Fsp3) is 0.579. The number of aliphatic hydroxyl groups excluding tert-OH is 1. The van der Waals surface area contributed by atoms with Gasteiger partial charge in [0.25, 0.3) is 0 Å². The van der Waals surface area contributed by atoms with Crippen molar-refractivity contribution in [2.45, 2.75) is 32.9 Å². The molecule has 128 valence electrons. The number of nitrogens with zero attached hydrogens (tertiary/aromatic N) is 1. The van der Waals surface area contributed by atoms with Gasteiger partial charge >= 0.3 is 0 Å². The molecule has 0 fully saturated rings. The van der Waals surface area contributed by atoms with Crippen LogP contribution in [0.25, 0.3) is 0 Å². The predicted molar refractivity (Wildman–Crippen MR) is 93.4 cm³/mol. The lowest BCUT2D eigenvalue weighted by atomic mass is 10.1. The summed E-state index contributed by atoms with van der Waals surface area (Å²) in [7, 11) is 1.67. The third-order valence-electron chi connectivity index (χ3n) is 3.53. The maximum absolute atomic E-state index is 10.1. The fourth-order valence-electron chi connectivity index (χ4n) is 2.31. The van der Waals surface area contributed by atoms with Crippen molar-refractivity contribution in [2.24, 2.45) is 5.92 Å². The lowest BCUT2D eigenvalue weighted by Crippen LogP contribution is -2.35. The summed E-state index contributed by atoms with van der Waals surface area (Å²) in [5, 5.41) is 10.1. The van der Waals surface area contributed by atoms with E-state index >= 15 is 0 Å². The highest BCUT2D eigenvalue weighted by molar-refractivity contribution is 5.28. The van der Waals surface area contributed by atoms with Crippen LogP contribution in [0.4, 0.5) is 0 Å². The van der Waals surface area contributed by atoms with E-state index in [1.54, 1.807) is 7.11 Å². The molecule has 1 rings (SSSR count). The molecule has 0 aliphatic rings. The van der Waals surface area contributed by atoms with Crippen LogP contribution >= 0.6 is 0 Å². The Morgan fingerprint density at radius 3 is 2.78 bits per heavy atom. The summed E-state index contributed by atoms with van der Waals surface area (Å²) >= 11 is 0. The normalized spacial score (nSPS) is 12.4. The van der Waals surface area contributed by atoms with E-state index in [1.165, 1.54) is 5.56 Å². The maximum Gasteiger partial charge on any atom is 0.119 e. The van der Waals surface area contributed by atoms with Crippen LogP contribution in [-0.2, 0) is 11.3 Å². The first kappa shape index (κ1) is 19.5. The number of benzene rings is 1. The second kappa shape index (κ2) is 11.1. The number of hydrogen-bond donors (Lipinski definition) is 1. The molecule has 4 nitrogen and oxygen atoms in total. The molecule has 0 bridgehead atoms. The van der Waals surface area contributed by atoms with Crippen LogP contribution in [0.5, 0.6) is 5.75 Å². The van der Waals surface area contributed by atoms with Gasteiger partial charge in [0.2, 0.25) is 0 Å². The van der Waals surface area contributed by atoms with Crippen LogP contribution < -0.4 is 4.74 Å². The van der Waals surface area contributed by atoms with E-state index in [1.807, 2.05) is 18.2 Å². The smallest absolute Gasteiger partial charge is 0.119 e. The highest BCUT2D eigenvalue weighted by atomic mass is 16.5. The number of terminal acetylenes is 1. The molecule has 0 aliphatic heterocycles. The number of rotatable bonds is 11. The first-order chi connectivity index (χ1) is 11.0. The summed E-state index contributed by atoms with van der Waals surface area (Å²) in [5.74, 6) is 3.88. The van der Waals surface area contributed by atoms with Gasteiger partial charge in [-0.2, -0.15) is 0 Å². The van der Waals surface area contributed by atoms with Crippen LogP contribution in [0, 0.1) is 18.3 Å². The molecule has 0 aromatic heterocycles. The largest absolute Gasteiger partial charge is 0.497 e. The summed E-state index contributed by atoms with van der Waals surface area (Å²) in [5.41, 5.74) is 1.17. The van der Waals surface area contributed by atoms with Gasteiger partial charge in [0.15, 0.2) is 0 Å². The fourth-order valence-corrected chi connectivity index (χ4v) is 2.31. The summed E-state index contributed by atoms with van der Waals surface area (Å²) in [6, 6.07) is 8.03. The van der Waals surface area contributed by atoms with E-state index in [0.29, 0.717) is 12.5 Å². The van der Waals surface area contributed by atoms with Crippen molar-refractivity contribution < 1.29 is 14.6 Å². The van der Waals surface area contributed by atoms with E-state index in [2.05, 4.69) is 30.7 Å². The molecule has 1 aromatic rings. The topological polar surface area (TPSA) is 41.9 Å². The van der Waals surface area contributed by atoms with Gasteiger partial charge in [0.05, 0.1) is 19.8 Å². The Labute approximate surface area is 140 Å². The summed E-state index contributed by atoms with van der Waals surface area (Å²) in [6.45, 7) is 7.18. The summed E-state index contributed by atoms with van der Waals surface area (Å²) in [6.07, 6.45) is 5.69. The molecule has 0 radical (unpaired) electrons. The number of aliphatic hydroxyl groups is 1. The molecule has 1 N–H and O–H groups in total. The van der Waals surface area contributed by atoms with Crippen LogP contribution in [0.15, 0.2) is 24.3 Å². The average molecular weight is 319 g/mol. The van der Waals surface area contributed by atoms with Crippen molar-refractivity contribution >= 4 is 0 Å². The molecule has 1 atom stereocenters. The van der Waals surface area contributed by atoms with Crippen LogP contribution in [0.1, 0.15) is 25.8 Å². The first-order valence-corrected chi connectivity index (χ1v) is 8.09. The molecule has 1 aromatic carbocycles. The van der Waals surface area contributed by atoms with E-state index in [0.717, 1.165) is 25.3 Å². The maximum atomic E-state index is 10.1. The summed E-state index contributed by atoms with van der Waals surface area (Å²) in [4.78, 5) is 2.25. The molecule has 0 amide bonds. The molecular formula is C19H29NO3. The Hall–Kier alpha value is -1.54. The quantitative estimate of drug-likeness (QED) is 0.503. The lowest BCUT2D eigenvalue weighted by molar-refractivity contribution is 0.0252. The van der Waals surface area contributed by atoms with E-state index < -0.39 is 6.10 Å². The number of ether oxygens (including phenoxy) is 2. The zero-order valence-electron chi connectivity index (χ0n) is 14.5. The van der Waals surface area contributed by atoms with Crippen LogP contribution in [-0.4, -0.2) is 49.5 Å². The minimum atomic E-state index is -0.541. The van der Waals surface area contributed by atoms with Crippen molar-refractivity contribution in [3.05, 3.63) is 29.8 Å². The van der Waals surface area contributed by atoms with Gasteiger partial charge in [0.1, 0.15) is 12.4 Å². The van der Waals surface area contributed by atoms with Crippen molar-refractivity contribution in [2.75, 3.05) is 33.4 Å². The zero-order chi connectivity index (χ0) is 17.1. The van der Waals surface area contributed by atoms with E-state index in [9.17, 15) is 5.11 Å². The van der Waals surface area contributed by atoms with Gasteiger partial charge in [0, 0.05) is 13.1 Å². The monoisotopic (exact) mass is 319 g/mol. The first-order valence-electron chi connectivity index (χ1n) is 8.09. The Morgan fingerprint density at radius 1 is 1.35 bits per heavy atom. The molecule has 0 saturated heterocycles. The molecule has 4 heteroatoms. The minimum Gasteiger partial charge on any atom is -0.497 e. The third kappa shape index (κ3) is 8.61. The minimum absolute atomic E-state index is 0.235. The van der Waals surface area contributed by atoms with Gasteiger partial charge in [-0.05, 0) is 36.6 Å². The Kier molecular flexibility index (Phi) is 9.39. The summed E-state index contributed by atoms with van der Waals surface area (Å²) < 4.78 is 10.5. The molecule has 0 heterocycles. The SMILES string of the molecule is C#CCOC[C@@H](O)CN(CCC(C)C)Cc1cccc(OC)c1. The van der Waals surface area contributed by atoms with Gasteiger partial charge in [-0.15, -0.1) is 6.42 Å². The Bertz CT molecular complexity index is 482.